The van der Waals surface area contributed by atoms with Crippen LogP contribution in [0.4, 0.5) is 11.4 Å². The van der Waals surface area contributed by atoms with Crippen LogP contribution in [0.5, 0.6) is 0 Å². The number of nitriles is 1. The van der Waals surface area contributed by atoms with E-state index in [1.54, 1.807) is 16.7 Å². The smallest absolute Gasteiger partial charge is 0.262 e. The number of aryl methyl sites for hydroxylation is 1. The lowest BCUT2D eigenvalue weighted by atomic mass is 9.98. The lowest BCUT2D eigenvalue weighted by Gasteiger charge is -2.23. The van der Waals surface area contributed by atoms with Crippen molar-refractivity contribution in [1.82, 2.24) is 9.55 Å². The lowest BCUT2D eigenvalue weighted by molar-refractivity contribution is 0.620. The normalized spacial score (nSPS) is 10.9. The van der Waals surface area contributed by atoms with Crippen LogP contribution < -0.4 is 10.9 Å². The first-order chi connectivity index (χ1) is 16.6. The van der Waals surface area contributed by atoms with E-state index in [2.05, 4.69) is 11.4 Å². The number of nitrogens with zero attached hydrogens (tertiary/aromatic N) is 3. The molecule has 1 aromatic heterocycles. The second-order valence-electron chi connectivity index (χ2n) is 8.10. The molecule has 0 radical (unpaired) electrons. The van der Waals surface area contributed by atoms with Crippen LogP contribution in [-0.4, -0.2) is 9.55 Å². The monoisotopic (exact) mass is 442 g/mol. The summed E-state index contributed by atoms with van der Waals surface area (Å²) < 4.78 is 1.78. The Labute approximate surface area is 197 Å². The summed E-state index contributed by atoms with van der Waals surface area (Å²) in [5.41, 5.74) is 4.82. The molecule has 5 heteroatoms. The summed E-state index contributed by atoms with van der Waals surface area (Å²) in [7, 11) is 0. The van der Waals surface area contributed by atoms with Crippen molar-refractivity contribution >= 4 is 22.3 Å². The van der Waals surface area contributed by atoms with Crippen molar-refractivity contribution < 1.29 is 0 Å². The van der Waals surface area contributed by atoms with Gasteiger partial charge in [-0.1, -0.05) is 60.7 Å². The van der Waals surface area contributed by atoms with E-state index >= 15 is 0 Å². The SMILES string of the molecule is Cc1nc2ccc(Nc3ccc(C#N)cc3)cc2c(=O)n1C(c1ccccc1)c1ccccc1. The maximum Gasteiger partial charge on any atom is 0.262 e. The molecule has 0 saturated carbocycles. The Morgan fingerprint density at radius 3 is 2.00 bits per heavy atom. The van der Waals surface area contributed by atoms with Gasteiger partial charge in [-0.25, -0.2) is 4.98 Å². The molecule has 4 aromatic carbocycles. The van der Waals surface area contributed by atoms with Crippen LogP contribution in [0.15, 0.2) is 108 Å². The molecule has 164 valence electrons. The summed E-state index contributed by atoms with van der Waals surface area (Å²) >= 11 is 0. The zero-order valence-electron chi connectivity index (χ0n) is 18.6. The molecule has 0 aliphatic carbocycles. The molecular formula is C29H22N4O. The number of nitrogens with one attached hydrogen (secondary N) is 1. The first-order valence-electron chi connectivity index (χ1n) is 11.0. The first kappa shape index (κ1) is 21.2. The Balaban J connectivity index is 1.64. The molecular weight excluding hydrogens is 420 g/mol. The second kappa shape index (κ2) is 9.05. The third-order valence-corrected chi connectivity index (χ3v) is 5.87. The van der Waals surface area contributed by atoms with Crippen molar-refractivity contribution in [3.05, 3.63) is 136 Å². The predicted molar refractivity (Wildman–Crippen MR) is 135 cm³/mol. The molecule has 0 bridgehead atoms. The van der Waals surface area contributed by atoms with Gasteiger partial charge in [0, 0.05) is 11.4 Å². The number of aromatic nitrogens is 2. The third kappa shape index (κ3) is 4.05. The molecule has 5 aromatic rings. The fourth-order valence-electron chi connectivity index (χ4n) is 4.25. The lowest BCUT2D eigenvalue weighted by Crippen LogP contribution is -2.29. The van der Waals surface area contributed by atoms with Crippen LogP contribution in [0.25, 0.3) is 10.9 Å². The van der Waals surface area contributed by atoms with E-state index in [1.165, 1.54) is 0 Å². The summed E-state index contributed by atoms with van der Waals surface area (Å²) in [6.07, 6.45) is 0. The summed E-state index contributed by atoms with van der Waals surface area (Å²) in [5.74, 6) is 0.656. The minimum Gasteiger partial charge on any atom is -0.356 e. The van der Waals surface area contributed by atoms with E-state index < -0.39 is 0 Å². The standard InChI is InChI=1S/C29H22N4O/c1-20-31-27-17-16-25(32-24-14-12-21(19-30)13-15-24)18-26(27)29(34)33(20)28(22-8-4-2-5-9-22)23-10-6-3-7-11-23/h2-18,28,32H,1H3. The van der Waals surface area contributed by atoms with Gasteiger partial charge in [0.2, 0.25) is 0 Å². The number of anilines is 2. The van der Waals surface area contributed by atoms with E-state index in [0.29, 0.717) is 22.3 Å². The highest BCUT2D eigenvalue weighted by Gasteiger charge is 2.21. The van der Waals surface area contributed by atoms with Crippen molar-refractivity contribution in [3.8, 4) is 6.07 Å². The zero-order chi connectivity index (χ0) is 23.5. The van der Waals surface area contributed by atoms with Gasteiger partial charge in [0.25, 0.3) is 5.56 Å². The Morgan fingerprint density at radius 2 is 1.41 bits per heavy atom. The van der Waals surface area contributed by atoms with E-state index in [4.69, 9.17) is 10.2 Å². The van der Waals surface area contributed by atoms with Crippen LogP contribution in [-0.2, 0) is 0 Å². The maximum atomic E-state index is 13.9. The van der Waals surface area contributed by atoms with Gasteiger partial charge in [-0.2, -0.15) is 5.26 Å². The molecule has 0 spiro atoms. The quantitative estimate of drug-likeness (QED) is 0.365. The molecule has 0 fully saturated rings. The number of hydrogen-bond acceptors (Lipinski definition) is 4. The molecule has 0 saturated heterocycles. The van der Waals surface area contributed by atoms with Crippen molar-refractivity contribution in [2.75, 3.05) is 5.32 Å². The Hall–Kier alpha value is -4.69. The molecule has 0 aliphatic rings. The van der Waals surface area contributed by atoms with Crippen LogP contribution in [0, 0.1) is 18.3 Å². The van der Waals surface area contributed by atoms with Gasteiger partial charge in [-0.15, -0.1) is 0 Å². The van der Waals surface area contributed by atoms with E-state index in [1.807, 2.05) is 97.9 Å². The minimum atomic E-state index is -0.290. The zero-order valence-corrected chi connectivity index (χ0v) is 18.6. The van der Waals surface area contributed by atoms with E-state index in [9.17, 15) is 4.79 Å². The fourth-order valence-corrected chi connectivity index (χ4v) is 4.25. The van der Waals surface area contributed by atoms with E-state index in [-0.39, 0.29) is 11.6 Å². The fraction of sp³-hybridized carbons (Fsp3) is 0.0690. The van der Waals surface area contributed by atoms with Gasteiger partial charge in [-0.05, 0) is 60.5 Å². The van der Waals surface area contributed by atoms with Crippen molar-refractivity contribution in [1.29, 1.82) is 5.26 Å². The van der Waals surface area contributed by atoms with Gasteiger partial charge in [-0.3, -0.25) is 9.36 Å². The minimum absolute atomic E-state index is 0.0938. The molecule has 1 N–H and O–H groups in total. The highest BCUT2D eigenvalue weighted by molar-refractivity contribution is 5.83. The van der Waals surface area contributed by atoms with Gasteiger partial charge in [0.1, 0.15) is 5.82 Å². The molecule has 0 aliphatic heterocycles. The first-order valence-corrected chi connectivity index (χ1v) is 11.0. The van der Waals surface area contributed by atoms with Crippen molar-refractivity contribution in [2.24, 2.45) is 0 Å². The number of fused-ring (bicyclic) bond motifs is 1. The average molecular weight is 443 g/mol. The molecule has 0 atom stereocenters. The van der Waals surface area contributed by atoms with Gasteiger partial charge in [0.05, 0.1) is 28.6 Å². The molecule has 0 amide bonds. The van der Waals surface area contributed by atoms with Crippen LogP contribution in [0.1, 0.15) is 28.6 Å². The van der Waals surface area contributed by atoms with Gasteiger partial charge >= 0.3 is 0 Å². The molecule has 5 rings (SSSR count). The summed E-state index contributed by atoms with van der Waals surface area (Å²) in [4.78, 5) is 18.7. The summed E-state index contributed by atoms with van der Waals surface area (Å²) in [6.45, 7) is 1.88. The number of rotatable bonds is 5. The Bertz CT molecular complexity index is 1510. The van der Waals surface area contributed by atoms with Gasteiger partial charge < -0.3 is 5.32 Å². The molecule has 34 heavy (non-hydrogen) atoms. The largest absolute Gasteiger partial charge is 0.356 e. The average Bonchev–Trinajstić information content (AvgIpc) is 2.88. The van der Waals surface area contributed by atoms with Crippen LogP contribution >= 0.6 is 0 Å². The summed E-state index contributed by atoms with van der Waals surface area (Å²) in [6, 6.07) is 34.7. The second-order valence-corrected chi connectivity index (χ2v) is 8.10. The molecule has 1 heterocycles. The van der Waals surface area contributed by atoms with Crippen LogP contribution in [0.2, 0.25) is 0 Å². The molecule has 0 unspecified atom stereocenters. The molecule has 5 nitrogen and oxygen atoms in total. The van der Waals surface area contributed by atoms with Crippen LogP contribution in [0.3, 0.4) is 0 Å². The maximum absolute atomic E-state index is 13.9. The topological polar surface area (TPSA) is 70.7 Å². The van der Waals surface area contributed by atoms with Crippen molar-refractivity contribution in [2.45, 2.75) is 13.0 Å². The number of benzene rings is 4. The summed E-state index contributed by atoms with van der Waals surface area (Å²) in [5, 5.41) is 12.9. The highest BCUT2D eigenvalue weighted by atomic mass is 16.1. The van der Waals surface area contributed by atoms with Crippen molar-refractivity contribution in [3.63, 3.8) is 0 Å². The Kier molecular flexibility index (Phi) is 5.63. The Morgan fingerprint density at radius 1 is 0.824 bits per heavy atom. The highest BCUT2D eigenvalue weighted by Crippen LogP contribution is 2.28. The third-order valence-electron chi connectivity index (χ3n) is 5.87. The number of hydrogen-bond donors (Lipinski definition) is 1. The van der Waals surface area contributed by atoms with Gasteiger partial charge in [0.15, 0.2) is 0 Å². The van der Waals surface area contributed by atoms with E-state index in [0.717, 1.165) is 22.5 Å². The predicted octanol–water partition coefficient (Wildman–Crippen LogP) is 5.96.